The van der Waals surface area contributed by atoms with Gasteiger partial charge in [0.15, 0.2) is 0 Å². The molecule has 0 spiro atoms. The van der Waals surface area contributed by atoms with Gasteiger partial charge in [0, 0.05) is 18.7 Å². The zero-order chi connectivity index (χ0) is 19.6. The van der Waals surface area contributed by atoms with Gasteiger partial charge in [0.1, 0.15) is 11.9 Å². The standard InChI is InChI=1S/C20H22FN3O3/c1-14(24-20(27)16-7-3-2-4-8-16)19(26)23-11-10-22-18(25)13-15-6-5-9-17(21)12-15/h2-9,12,14H,10-11,13H2,1H3,(H,22,25)(H,23,26)(H,24,27). The summed E-state index contributed by atoms with van der Waals surface area (Å²) >= 11 is 0. The van der Waals surface area contributed by atoms with Gasteiger partial charge in [-0.05, 0) is 36.8 Å². The molecule has 3 amide bonds. The molecule has 0 heterocycles. The monoisotopic (exact) mass is 371 g/mol. The lowest BCUT2D eigenvalue weighted by Crippen LogP contribution is -2.46. The highest BCUT2D eigenvalue weighted by Gasteiger charge is 2.16. The molecule has 0 bridgehead atoms. The first-order valence-corrected chi connectivity index (χ1v) is 8.60. The average Bonchev–Trinajstić information content (AvgIpc) is 2.65. The maximum Gasteiger partial charge on any atom is 0.251 e. The van der Waals surface area contributed by atoms with Crippen LogP contribution in [-0.2, 0) is 16.0 Å². The molecule has 27 heavy (non-hydrogen) atoms. The number of hydrogen-bond donors (Lipinski definition) is 3. The maximum absolute atomic E-state index is 13.1. The number of carbonyl (C=O) groups is 3. The van der Waals surface area contributed by atoms with Gasteiger partial charge in [0.2, 0.25) is 11.8 Å². The van der Waals surface area contributed by atoms with Crippen molar-refractivity contribution < 1.29 is 18.8 Å². The summed E-state index contributed by atoms with van der Waals surface area (Å²) in [7, 11) is 0. The molecule has 0 saturated heterocycles. The van der Waals surface area contributed by atoms with E-state index < -0.39 is 6.04 Å². The third kappa shape index (κ3) is 6.89. The Hall–Kier alpha value is -3.22. The highest BCUT2D eigenvalue weighted by molar-refractivity contribution is 5.97. The fourth-order valence-corrected chi connectivity index (χ4v) is 2.37. The molecular weight excluding hydrogens is 349 g/mol. The fourth-order valence-electron chi connectivity index (χ4n) is 2.37. The maximum atomic E-state index is 13.1. The molecule has 6 nitrogen and oxygen atoms in total. The van der Waals surface area contributed by atoms with E-state index in [9.17, 15) is 18.8 Å². The van der Waals surface area contributed by atoms with Gasteiger partial charge in [0.25, 0.3) is 5.91 Å². The number of carbonyl (C=O) groups excluding carboxylic acids is 3. The van der Waals surface area contributed by atoms with Crippen LogP contribution in [-0.4, -0.2) is 36.9 Å². The van der Waals surface area contributed by atoms with Crippen molar-refractivity contribution in [3.8, 4) is 0 Å². The number of halogens is 1. The third-order valence-corrected chi connectivity index (χ3v) is 3.78. The predicted octanol–water partition coefficient (Wildman–Crippen LogP) is 1.42. The Morgan fingerprint density at radius 1 is 0.963 bits per heavy atom. The quantitative estimate of drug-likeness (QED) is 0.614. The lowest BCUT2D eigenvalue weighted by atomic mass is 10.1. The van der Waals surface area contributed by atoms with Gasteiger partial charge in [-0.25, -0.2) is 4.39 Å². The van der Waals surface area contributed by atoms with Crippen LogP contribution in [0.15, 0.2) is 54.6 Å². The van der Waals surface area contributed by atoms with Crippen molar-refractivity contribution in [2.45, 2.75) is 19.4 Å². The fraction of sp³-hybridized carbons (Fsp3) is 0.250. The minimum atomic E-state index is -0.708. The third-order valence-electron chi connectivity index (χ3n) is 3.78. The first-order chi connectivity index (χ1) is 13.0. The van der Waals surface area contributed by atoms with Crippen molar-refractivity contribution >= 4 is 17.7 Å². The predicted molar refractivity (Wildman–Crippen MR) is 99.5 cm³/mol. The number of hydrogen-bond acceptors (Lipinski definition) is 3. The Morgan fingerprint density at radius 3 is 2.37 bits per heavy atom. The Kier molecular flexibility index (Phi) is 7.49. The molecule has 0 saturated carbocycles. The number of rotatable bonds is 8. The SMILES string of the molecule is CC(NC(=O)c1ccccc1)C(=O)NCCNC(=O)Cc1cccc(F)c1. The summed E-state index contributed by atoms with van der Waals surface area (Å²) in [5, 5.41) is 7.90. The first-order valence-electron chi connectivity index (χ1n) is 8.60. The van der Waals surface area contributed by atoms with Crippen molar-refractivity contribution in [1.29, 1.82) is 0 Å². The number of amides is 3. The Morgan fingerprint density at radius 2 is 1.67 bits per heavy atom. The largest absolute Gasteiger partial charge is 0.354 e. The van der Waals surface area contributed by atoms with E-state index in [0.717, 1.165) is 0 Å². The molecule has 0 fully saturated rings. The van der Waals surface area contributed by atoms with E-state index in [1.807, 2.05) is 0 Å². The summed E-state index contributed by atoms with van der Waals surface area (Å²) in [5.74, 6) is -1.33. The highest BCUT2D eigenvalue weighted by atomic mass is 19.1. The van der Waals surface area contributed by atoms with Crippen LogP contribution in [0.3, 0.4) is 0 Å². The van der Waals surface area contributed by atoms with Crippen LogP contribution in [0.5, 0.6) is 0 Å². The first kappa shape index (κ1) is 20.1. The minimum Gasteiger partial charge on any atom is -0.354 e. The van der Waals surface area contributed by atoms with Crippen LogP contribution in [0.1, 0.15) is 22.8 Å². The van der Waals surface area contributed by atoms with Crippen molar-refractivity contribution in [2.24, 2.45) is 0 Å². The normalized spacial score (nSPS) is 11.3. The molecule has 1 unspecified atom stereocenters. The van der Waals surface area contributed by atoms with Crippen LogP contribution < -0.4 is 16.0 Å². The average molecular weight is 371 g/mol. The number of nitrogens with one attached hydrogen (secondary N) is 3. The van der Waals surface area contributed by atoms with Crippen molar-refractivity contribution in [1.82, 2.24) is 16.0 Å². The summed E-state index contributed by atoms with van der Waals surface area (Å²) < 4.78 is 13.1. The van der Waals surface area contributed by atoms with Gasteiger partial charge in [-0.15, -0.1) is 0 Å². The molecule has 2 rings (SSSR count). The van der Waals surface area contributed by atoms with Crippen molar-refractivity contribution in [3.05, 3.63) is 71.5 Å². The van der Waals surface area contributed by atoms with Gasteiger partial charge >= 0.3 is 0 Å². The van der Waals surface area contributed by atoms with E-state index in [0.29, 0.717) is 11.1 Å². The lowest BCUT2D eigenvalue weighted by Gasteiger charge is -2.14. The molecule has 0 aliphatic carbocycles. The molecule has 0 aliphatic rings. The zero-order valence-corrected chi connectivity index (χ0v) is 15.0. The summed E-state index contributed by atoms with van der Waals surface area (Å²) in [6, 6.07) is 13.7. The summed E-state index contributed by atoms with van der Waals surface area (Å²) in [6.45, 7) is 2.04. The van der Waals surface area contributed by atoms with Crippen LogP contribution >= 0.6 is 0 Å². The number of benzene rings is 2. The molecule has 0 aromatic heterocycles. The Labute approximate surface area is 157 Å². The molecular formula is C20H22FN3O3. The van der Waals surface area contributed by atoms with Gasteiger partial charge in [-0.2, -0.15) is 0 Å². The molecule has 2 aromatic carbocycles. The smallest absolute Gasteiger partial charge is 0.251 e. The second-order valence-electron chi connectivity index (χ2n) is 6.01. The summed E-state index contributed by atoms with van der Waals surface area (Å²) in [4.78, 5) is 35.8. The van der Waals surface area contributed by atoms with Gasteiger partial charge < -0.3 is 16.0 Å². The van der Waals surface area contributed by atoms with Crippen molar-refractivity contribution in [2.75, 3.05) is 13.1 Å². The van der Waals surface area contributed by atoms with Crippen LogP contribution in [0.4, 0.5) is 4.39 Å². The topological polar surface area (TPSA) is 87.3 Å². The zero-order valence-electron chi connectivity index (χ0n) is 15.0. The van der Waals surface area contributed by atoms with E-state index in [1.54, 1.807) is 49.4 Å². The van der Waals surface area contributed by atoms with E-state index in [1.165, 1.54) is 12.1 Å². The molecule has 0 aliphatic heterocycles. The van der Waals surface area contributed by atoms with Gasteiger partial charge in [-0.1, -0.05) is 30.3 Å². The minimum absolute atomic E-state index is 0.0647. The van der Waals surface area contributed by atoms with Crippen molar-refractivity contribution in [3.63, 3.8) is 0 Å². The molecule has 142 valence electrons. The lowest BCUT2D eigenvalue weighted by molar-refractivity contribution is -0.123. The van der Waals surface area contributed by atoms with Crippen LogP contribution in [0.2, 0.25) is 0 Å². The van der Waals surface area contributed by atoms with E-state index in [-0.39, 0.29) is 43.0 Å². The second kappa shape index (κ2) is 10.1. The second-order valence-corrected chi connectivity index (χ2v) is 6.01. The molecule has 1 atom stereocenters. The van der Waals surface area contributed by atoms with E-state index in [2.05, 4.69) is 16.0 Å². The van der Waals surface area contributed by atoms with Crippen LogP contribution in [0, 0.1) is 5.82 Å². The van der Waals surface area contributed by atoms with E-state index in [4.69, 9.17) is 0 Å². The van der Waals surface area contributed by atoms with Crippen LogP contribution in [0.25, 0.3) is 0 Å². The van der Waals surface area contributed by atoms with Gasteiger partial charge in [-0.3, -0.25) is 14.4 Å². The summed E-state index contributed by atoms with van der Waals surface area (Å²) in [5.41, 5.74) is 1.05. The van der Waals surface area contributed by atoms with Gasteiger partial charge in [0.05, 0.1) is 6.42 Å². The van der Waals surface area contributed by atoms with E-state index >= 15 is 0 Å². The molecule has 2 aromatic rings. The Bertz CT molecular complexity index is 796. The highest BCUT2D eigenvalue weighted by Crippen LogP contribution is 2.04. The molecule has 0 radical (unpaired) electrons. The summed E-state index contributed by atoms with van der Waals surface area (Å²) in [6.07, 6.45) is 0.0647. The molecule has 3 N–H and O–H groups in total. The molecule has 7 heteroatoms. The Balaban J connectivity index is 1.66.